The highest BCUT2D eigenvalue weighted by atomic mass is 16.5. The van der Waals surface area contributed by atoms with Gasteiger partial charge in [-0.15, -0.1) is 0 Å². The summed E-state index contributed by atoms with van der Waals surface area (Å²) in [6, 6.07) is 0. The maximum atomic E-state index is 11.4. The van der Waals surface area contributed by atoms with Crippen molar-refractivity contribution in [3.63, 3.8) is 0 Å². The number of esters is 1. The normalized spacial score (nSPS) is 30.1. The van der Waals surface area contributed by atoms with Crippen LogP contribution in [0.2, 0.25) is 0 Å². The molecule has 2 nitrogen and oxygen atoms in total. The van der Waals surface area contributed by atoms with Crippen molar-refractivity contribution in [2.75, 3.05) is 6.61 Å². The number of allylic oxidation sites excluding steroid dienone is 3. The van der Waals surface area contributed by atoms with Crippen LogP contribution in [0.15, 0.2) is 23.8 Å². The van der Waals surface area contributed by atoms with Crippen molar-refractivity contribution in [2.45, 2.75) is 19.8 Å². The van der Waals surface area contributed by atoms with Crippen LogP contribution in [0.4, 0.5) is 0 Å². The average molecular weight is 178 g/mol. The summed E-state index contributed by atoms with van der Waals surface area (Å²) in [5.41, 5.74) is 0.899. The molecule has 2 heteroatoms. The van der Waals surface area contributed by atoms with E-state index in [0.29, 0.717) is 18.4 Å². The molecule has 2 aliphatic carbocycles. The van der Waals surface area contributed by atoms with Crippen LogP contribution in [0.3, 0.4) is 0 Å². The molecule has 70 valence electrons. The Labute approximate surface area is 78.3 Å². The van der Waals surface area contributed by atoms with Crippen molar-refractivity contribution in [1.82, 2.24) is 0 Å². The molecule has 0 unspecified atom stereocenters. The quantitative estimate of drug-likeness (QED) is 0.478. The van der Waals surface area contributed by atoms with E-state index in [1.165, 1.54) is 0 Å². The predicted octanol–water partition coefficient (Wildman–Crippen LogP) is 2.07. The van der Waals surface area contributed by atoms with Crippen molar-refractivity contribution in [2.24, 2.45) is 11.8 Å². The van der Waals surface area contributed by atoms with Crippen LogP contribution in [0.25, 0.3) is 0 Å². The van der Waals surface area contributed by atoms with Crippen LogP contribution in [0, 0.1) is 11.8 Å². The lowest BCUT2D eigenvalue weighted by Crippen LogP contribution is -2.31. The van der Waals surface area contributed by atoms with E-state index in [1.807, 2.05) is 13.0 Å². The van der Waals surface area contributed by atoms with Crippen LogP contribution in [-0.4, -0.2) is 12.6 Å². The molecular formula is C11H14O2. The lowest BCUT2D eigenvalue weighted by Gasteiger charge is -2.35. The summed E-state index contributed by atoms with van der Waals surface area (Å²) < 4.78 is 4.96. The molecule has 0 saturated heterocycles. The fraction of sp³-hybridized carbons (Fsp3) is 0.545. The molecule has 2 aliphatic rings. The van der Waals surface area contributed by atoms with Crippen molar-refractivity contribution < 1.29 is 9.53 Å². The first-order chi connectivity index (χ1) is 6.33. The Kier molecular flexibility index (Phi) is 2.21. The van der Waals surface area contributed by atoms with Crippen molar-refractivity contribution in [1.29, 1.82) is 0 Å². The van der Waals surface area contributed by atoms with Gasteiger partial charge in [-0.2, -0.15) is 0 Å². The van der Waals surface area contributed by atoms with E-state index in [2.05, 4.69) is 12.2 Å². The third kappa shape index (κ3) is 1.41. The molecule has 0 aromatic heterocycles. The van der Waals surface area contributed by atoms with Gasteiger partial charge in [0.15, 0.2) is 0 Å². The molecule has 0 bridgehead atoms. The summed E-state index contributed by atoms with van der Waals surface area (Å²) in [7, 11) is 0. The summed E-state index contributed by atoms with van der Waals surface area (Å²) >= 11 is 0. The summed E-state index contributed by atoms with van der Waals surface area (Å²) in [4.78, 5) is 11.4. The molecule has 0 amide bonds. The van der Waals surface area contributed by atoms with Gasteiger partial charge in [-0.25, -0.2) is 4.79 Å². The molecule has 2 atom stereocenters. The predicted molar refractivity (Wildman–Crippen MR) is 50.1 cm³/mol. The Morgan fingerprint density at radius 1 is 1.69 bits per heavy atom. The number of hydrogen-bond donors (Lipinski definition) is 0. The van der Waals surface area contributed by atoms with Crippen molar-refractivity contribution >= 4 is 5.97 Å². The molecule has 0 heterocycles. The van der Waals surface area contributed by atoms with Gasteiger partial charge in [0.2, 0.25) is 0 Å². The minimum atomic E-state index is -0.112. The molecule has 0 N–H and O–H groups in total. The number of carbonyl (C=O) groups excluding carboxylic acids is 1. The Hall–Kier alpha value is -1.05. The third-order valence-corrected chi connectivity index (χ3v) is 2.75. The van der Waals surface area contributed by atoms with Gasteiger partial charge in [-0.1, -0.05) is 18.2 Å². The van der Waals surface area contributed by atoms with E-state index in [0.717, 1.165) is 18.4 Å². The lowest BCUT2D eigenvalue weighted by molar-refractivity contribution is -0.139. The minimum absolute atomic E-state index is 0.112. The SMILES string of the molecule is CCOC(=O)C1=C[C@H]2C=CCC[C@@H]12. The van der Waals surface area contributed by atoms with Gasteiger partial charge in [-0.05, 0) is 19.8 Å². The second-order valence-electron chi connectivity index (χ2n) is 3.53. The molecule has 0 fully saturated rings. The zero-order chi connectivity index (χ0) is 9.26. The maximum Gasteiger partial charge on any atom is 0.334 e. The summed E-state index contributed by atoms with van der Waals surface area (Å²) in [5, 5.41) is 0. The number of ether oxygens (including phenoxy) is 1. The number of carbonyl (C=O) groups is 1. The average Bonchev–Trinajstić information content (AvgIpc) is 2.07. The molecule has 0 aliphatic heterocycles. The van der Waals surface area contributed by atoms with E-state index < -0.39 is 0 Å². The monoisotopic (exact) mass is 178 g/mol. The molecule has 2 rings (SSSR count). The van der Waals surface area contributed by atoms with Crippen LogP contribution < -0.4 is 0 Å². The smallest absolute Gasteiger partial charge is 0.334 e. The minimum Gasteiger partial charge on any atom is -0.463 e. The first kappa shape index (κ1) is 8.54. The van der Waals surface area contributed by atoms with Crippen LogP contribution in [0.5, 0.6) is 0 Å². The number of rotatable bonds is 2. The summed E-state index contributed by atoms with van der Waals surface area (Å²) in [6.45, 7) is 2.32. The lowest BCUT2D eigenvalue weighted by atomic mass is 9.69. The summed E-state index contributed by atoms with van der Waals surface area (Å²) in [5.74, 6) is 0.844. The van der Waals surface area contributed by atoms with E-state index in [-0.39, 0.29) is 5.97 Å². The Morgan fingerprint density at radius 3 is 3.23 bits per heavy atom. The highest BCUT2D eigenvalue weighted by Crippen LogP contribution is 2.41. The fourth-order valence-electron chi connectivity index (χ4n) is 2.04. The topological polar surface area (TPSA) is 26.3 Å². The van der Waals surface area contributed by atoms with Crippen LogP contribution in [-0.2, 0) is 9.53 Å². The van der Waals surface area contributed by atoms with Crippen LogP contribution in [0.1, 0.15) is 19.8 Å². The van der Waals surface area contributed by atoms with Gasteiger partial charge in [0.25, 0.3) is 0 Å². The summed E-state index contributed by atoms with van der Waals surface area (Å²) in [6.07, 6.45) is 8.61. The van der Waals surface area contributed by atoms with E-state index in [4.69, 9.17) is 4.74 Å². The molecule has 13 heavy (non-hydrogen) atoms. The van der Waals surface area contributed by atoms with E-state index in [1.54, 1.807) is 0 Å². The Morgan fingerprint density at radius 2 is 2.54 bits per heavy atom. The third-order valence-electron chi connectivity index (χ3n) is 2.75. The van der Waals surface area contributed by atoms with Crippen molar-refractivity contribution in [3.05, 3.63) is 23.8 Å². The molecule has 0 aromatic carbocycles. The standard InChI is InChI=1S/C11H14O2/c1-2-13-11(12)10-7-8-5-3-4-6-9(8)10/h3,5,7-9H,2,4,6H2,1H3/t8-,9-/m1/s1. The second kappa shape index (κ2) is 3.36. The van der Waals surface area contributed by atoms with Gasteiger partial charge in [0.1, 0.15) is 0 Å². The largest absolute Gasteiger partial charge is 0.463 e. The van der Waals surface area contributed by atoms with Gasteiger partial charge in [0, 0.05) is 17.4 Å². The first-order valence-electron chi connectivity index (χ1n) is 4.88. The Balaban J connectivity index is 2.03. The molecular weight excluding hydrogens is 164 g/mol. The maximum absolute atomic E-state index is 11.4. The zero-order valence-corrected chi connectivity index (χ0v) is 7.82. The molecule has 0 aromatic rings. The van der Waals surface area contributed by atoms with Gasteiger partial charge in [-0.3, -0.25) is 0 Å². The molecule has 0 radical (unpaired) electrons. The Bertz CT molecular complexity index is 276. The van der Waals surface area contributed by atoms with E-state index in [9.17, 15) is 4.79 Å². The second-order valence-corrected chi connectivity index (χ2v) is 3.53. The van der Waals surface area contributed by atoms with Gasteiger partial charge in [0.05, 0.1) is 6.61 Å². The highest BCUT2D eigenvalue weighted by molar-refractivity contribution is 5.91. The number of fused-ring (bicyclic) bond motifs is 1. The number of hydrogen-bond acceptors (Lipinski definition) is 2. The van der Waals surface area contributed by atoms with E-state index >= 15 is 0 Å². The first-order valence-corrected chi connectivity index (χ1v) is 4.88. The van der Waals surface area contributed by atoms with Crippen LogP contribution >= 0.6 is 0 Å². The molecule has 0 saturated carbocycles. The highest BCUT2D eigenvalue weighted by Gasteiger charge is 2.36. The van der Waals surface area contributed by atoms with Crippen molar-refractivity contribution in [3.8, 4) is 0 Å². The molecule has 0 spiro atoms. The fourth-order valence-corrected chi connectivity index (χ4v) is 2.04. The van der Waals surface area contributed by atoms with Gasteiger partial charge < -0.3 is 4.74 Å². The zero-order valence-electron chi connectivity index (χ0n) is 7.82. The van der Waals surface area contributed by atoms with Gasteiger partial charge >= 0.3 is 5.97 Å².